The predicted octanol–water partition coefficient (Wildman–Crippen LogP) is 3.82. The van der Waals surface area contributed by atoms with E-state index in [1.165, 1.54) is 41.5 Å². The summed E-state index contributed by atoms with van der Waals surface area (Å²) in [5.74, 6) is 0.838. The second kappa shape index (κ2) is 6.44. The Hall–Kier alpha value is -0.610. The summed E-state index contributed by atoms with van der Waals surface area (Å²) in [7, 11) is 2.00. The number of nitrogens with one attached hydrogen (secondary N) is 1. The van der Waals surface area contributed by atoms with E-state index in [2.05, 4.69) is 37.9 Å². The first-order valence-electron chi connectivity index (χ1n) is 7.77. The summed E-state index contributed by atoms with van der Waals surface area (Å²) in [6, 6.07) is 0. The quantitative estimate of drug-likeness (QED) is 0.918. The number of hydrogen-bond acceptors (Lipinski definition) is 4. The number of rotatable bonds is 3. The molecule has 4 heteroatoms. The minimum absolute atomic E-state index is 0.437. The zero-order valence-electron chi connectivity index (χ0n) is 13.6. The first kappa shape index (κ1) is 15.8. The molecule has 1 aromatic heterocycles. The second-order valence-electron chi connectivity index (χ2n) is 7.02. The number of aromatic nitrogens is 1. The van der Waals surface area contributed by atoms with Gasteiger partial charge in [0.15, 0.2) is 5.13 Å². The van der Waals surface area contributed by atoms with Crippen molar-refractivity contribution in [3.05, 3.63) is 10.6 Å². The Morgan fingerprint density at radius 1 is 1.30 bits per heavy atom. The van der Waals surface area contributed by atoms with Crippen molar-refractivity contribution < 1.29 is 0 Å². The van der Waals surface area contributed by atoms with Crippen molar-refractivity contribution in [2.45, 2.75) is 53.5 Å². The molecule has 0 bridgehead atoms. The van der Waals surface area contributed by atoms with Gasteiger partial charge in [-0.2, -0.15) is 0 Å². The number of thiazole rings is 1. The standard InChI is InChI=1S/C16H29N3S/c1-12-14(11-17-5)20-15(18-12)19-9-6-7-13(8-10-19)16(2,3)4/h13,17H,6-11H2,1-5H3. The molecule has 0 saturated carbocycles. The van der Waals surface area contributed by atoms with Crippen LogP contribution in [-0.4, -0.2) is 25.1 Å². The lowest BCUT2D eigenvalue weighted by Gasteiger charge is -2.29. The fourth-order valence-corrected chi connectivity index (χ4v) is 4.15. The average Bonchev–Trinajstić information content (AvgIpc) is 2.61. The topological polar surface area (TPSA) is 28.2 Å². The van der Waals surface area contributed by atoms with Crippen molar-refractivity contribution in [2.75, 3.05) is 25.0 Å². The first-order chi connectivity index (χ1) is 9.41. The molecule has 0 aromatic carbocycles. The average molecular weight is 295 g/mol. The van der Waals surface area contributed by atoms with Gasteiger partial charge in [-0.15, -0.1) is 11.3 Å². The molecular weight excluding hydrogens is 266 g/mol. The fourth-order valence-electron chi connectivity index (χ4n) is 3.03. The van der Waals surface area contributed by atoms with Gasteiger partial charge in [-0.1, -0.05) is 20.8 Å². The summed E-state index contributed by atoms with van der Waals surface area (Å²) in [5, 5.41) is 4.46. The van der Waals surface area contributed by atoms with Crippen LogP contribution in [-0.2, 0) is 6.54 Å². The Morgan fingerprint density at radius 3 is 2.70 bits per heavy atom. The first-order valence-corrected chi connectivity index (χ1v) is 8.59. The highest BCUT2D eigenvalue weighted by atomic mass is 32.1. The van der Waals surface area contributed by atoms with Crippen LogP contribution in [0.2, 0.25) is 0 Å². The van der Waals surface area contributed by atoms with E-state index in [9.17, 15) is 0 Å². The Kier molecular flexibility index (Phi) is 5.08. The number of aryl methyl sites for hydroxylation is 1. The van der Waals surface area contributed by atoms with Gasteiger partial charge in [-0.25, -0.2) is 4.98 Å². The fraction of sp³-hybridized carbons (Fsp3) is 0.812. The van der Waals surface area contributed by atoms with Gasteiger partial charge in [0.2, 0.25) is 0 Å². The zero-order chi connectivity index (χ0) is 14.8. The Bertz CT molecular complexity index is 433. The van der Waals surface area contributed by atoms with Gasteiger partial charge in [0.25, 0.3) is 0 Å². The monoisotopic (exact) mass is 295 g/mol. The summed E-state index contributed by atoms with van der Waals surface area (Å²) in [5.41, 5.74) is 1.63. The summed E-state index contributed by atoms with van der Waals surface area (Å²) in [4.78, 5) is 8.66. The van der Waals surface area contributed by atoms with E-state index in [1.54, 1.807) is 0 Å². The van der Waals surface area contributed by atoms with E-state index >= 15 is 0 Å². The van der Waals surface area contributed by atoms with Crippen LogP contribution in [0, 0.1) is 18.3 Å². The van der Waals surface area contributed by atoms with Crippen LogP contribution < -0.4 is 10.2 Å². The molecule has 0 spiro atoms. The molecule has 2 rings (SSSR count). The highest BCUT2D eigenvalue weighted by molar-refractivity contribution is 7.15. The van der Waals surface area contributed by atoms with E-state index in [0.717, 1.165) is 19.0 Å². The highest BCUT2D eigenvalue weighted by Crippen LogP contribution is 2.36. The molecule has 1 aromatic rings. The van der Waals surface area contributed by atoms with Crippen LogP contribution in [0.4, 0.5) is 5.13 Å². The number of hydrogen-bond donors (Lipinski definition) is 1. The van der Waals surface area contributed by atoms with Crippen molar-refractivity contribution in [1.82, 2.24) is 10.3 Å². The third kappa shape index (κ3) is 3.73. The lowest BCUT2D eigenvalue weighted by Crippen LogP contribution is -2.25. The summed E-state index contributed by atoms with van der Waals surface area (Å²) in [6.45, 7) is 12.5. The van der Waals surface area contributed by atoms with Crippen LogP contribution in [0.5, 0.6) is 0 Å². The molecule has 1 fully saturated rings. The molecular formula is C16H29N3S. The molecule has 1 unspecified atom stereocenters. The third-order valence-electron chi connectivity index (χ3n) is 4.44. The Labute approximate surface area is 127 Å². The van der Waals surface area contributed by atoms with Gasteiger partial charge in [0, 0.05) is 24.5 Å². The molecule has 1 atom stereocenters. The van der Waals surface area contributed by atoms with Gasteiger partial charge in [-0.3, -0.25) is 0 Å². The second-order valence-corrected chi connectivity index (χ2v) is 8.08. The normalized spacial score (nSPS) is 21.1. The van der Waals surface area contributed by atoms with E-state index < -0.39 is 0 Å². The molecule has 114 valence electrons. The smallest absolute Gasteiger partial charge is 0.185 e. The third-order valence-corrected chi connectivity index (χ3v) is 5.66. The van der Waals surface area contributed by atoms with Gasteiger partial charge < -0.3 is 10.2 Å². The zero-order valence-corrected chi connectivity index (χ0v) is 14.4. The van der Waals surface area contributed by atoms with E-state index in [-0.39, 0.29) is 0 Å². The minimum Gasteiger partial charge on any atom is -0.348 e. The lowest BCUT2D eigenvalue weighted by atomic mass is 9.77. The lowest BCUT2D eigenvalue weighted by molar-refractivity contribution is 0.220. The predicted molar refractivity (Wildman–Crippen MR) is 88.6 cm³/mol. The van der Waals surface area contributed by atoms with E-state index in [4.69, 9.17) is 4.98 Å². The molecule has 3 nitrogen and oxygen atoms in total. The Balaban J connectivity index is 2.05. The van der Waals surface area contributed by atoms with Crippen molar-refractivity contribution in [3.63, 3.8) is 0 Å². The molecule has 2 heterocycles. The molecule has 1 saturated heterocycles. The molecule has 20 heavy (non-hydrogen) atoms. The van der Waals surface area contributed by atoms with Gasteiger partial charge in [0.05, 0.1) is 5.69 Å². The maximum absolute atomic E-state index is 4.79. The van der Waals surface area contributed by atoms with Gasteiger partial charge in [0.1, 0.15) is 0 Å². The summed E-state index contributed by atoms with van der Waals surface area (Å²) >= 11 is 1.86. The van der Waals surface area contributed by atoms with Crippen LogP contribution in [0.3, 0.4) is 0 Å². The molecule has 0 aliphatic carbocycles. The van der Waals surface area contributed by atoms with Gasteiger partial charge in [-0.05, 0) is 44.6 Å². The molecule has 1 aliphatic heterocycles. The largest absolute Gasteiger partial charge is 0.348 e. The van der Waals surface area contributed by atoms with Crippen molar-refractivity contribution in [2.24, 2.45) is 11.3 Å². The summed E-state index contributed by atoms with van der Waals surface area (Å²) < 4.78 is 0. The molecule has 0 amide bonds. The van der Waals surface area contributed by atoms with E-state index in [1.807, 2.05) is 18.4 Å². The minimum atomic E-state index is 0.437. The van der Waals surface area contributed by atoms with Crippen LogP contribution in [0.15, 0.2) is 0 Å². The number of anilines is 1. The van der Waals surface area contributed by atoms with E-state index in [0.29, 0.717) is 5.41 Å². The molecule has 1 aliphatic rings. The van der Waals surface area contributed by atoms with Crippen LogP contribution in [0.25, 0.3) is 0 Å². The summed E-state index contributed by atoms with van der Waals surface area (Å²) in [6.07, 6.45) is 3.94. The SMILES string of the molecule is CNCc1sc(N2CCCC(C(C)(C)C)CC2)nc1C. The highest BCUT2D eigenvalue weighted by Gasteiger charge is 2.27. The van der Waals surface area contributed by atoms with Crippen LogP contribution >= 0.6 is 11.3 Å². The maximum atomic E-state index is 4.79. The molecule has 1 N–H and O–H groups in total. The number of nitrogens with zero attached hydrogens (tertiary/aromatic N) is 2. The maximum Gasteiger partial charge on any atom is 0.185 e. The van der Waals surface area contributed by atoms with Crippen molar-refractivity contribution in [1.29, 1.82) is 0 Å². The van der Waals surface area contributed by atoms with Crippen molar-refractivity contribution >= 4 is 16.5 Å². The van der Waals surface area contributed by atoms with Crippen LogP contribution in [0.1, 0.15) is 50.6 Å². The molecule has 0 radical (unpaired) electrons. The Morgan fingerprint density at radius 2 is 2.05 bits per heavy atom. The van der Waals surface area contributed by atoms with Crippen molar-refractivity contribution in [3.8, 4) is 0 Å². The van der Waals surface area contributed by atoms with Gasteiger partial charge >= 0.3 is 0 Å².